The van der Waals surface area contributed by atoms with E-state index in [1.54, 1.807) is 18.2 Å². The Labute approximate surface area is 145 Å². The molecule has 1 aliphatic rings. The zero-order chi connectivity index (χ0) is 17.4. The first-order valence-electron chi connectivity index (χ1n) is 7.58. The lowest BCUT2D eigenvalue weighted by atomic mass is 10.00. The normalized spacial score (nSPS) is 16.0. The van der Waals surface area contributed by atoms with Gasteiger partial charge in [-0.05, 0) is 73.5 Å². The fourth-order valence-corrected chi connectivity index (χ4v) is 2.97. The fraction of sp³-hybridized carbons (Fsp3) is 0.158. The molecule has 3 nitrogen and oxygen atoms in total. The van der Waals surface area contributed by atoms with Crippen molar-refractivity contribution in [1.29, 1.82) is 0 Å². The van der Waals surface area contributed by atoms with Gasteiger partial charge >= 0.3 is 0 Å². The third-order valence-electron chi connectivity index (χ3n) is 4.15. The minimum absolute atomic E-state index is 0.153. The highest BCUT2D eigenvalue weighted by Gasteiger charge is 2.33. The van der Waals surface area contributed by atoms with Gasteiger partial charge in [0.1, 0.15) is 11.5 Å². The van der Waals surface area contributed by atoms with Crippen LogP contribution in [0.5, 0.6) is 0 Å². The van der Waals surface area contributed by atoms with Crippen LogP contribution in [0.4, 0.5) is 10.1 Å². The quantitative estimate of drug-likeness (QED) is 0.662. The van der Waals surface area contributed by atoms with Gasteiger partial charge in [0, 0.05) is 0 Å². The number of halogens is 1. The highest BCUT2D eigenvalue weighted by molar-refractivity contribution is 7.80. The highest BCUT2D eigenvalue weighted by atomic mass is 32.1. The first-order valence-corrected chi connectivity index (χ1v) is 7.99. The molecular weight excluding hydrogens is 323 g/mol. The number of aryl methyl sites for hydroxylation is 3. The number of anilines is 1. The maximum atomic E-state index is 14.0. The van der Waals surface area contributed by atoms with E-state index in [4.69, 9.17) is 12.2 Å². The third kappa shape index (κ3) is 2.83. The van der Waals surface area contributed by atoms with E-state index in [9.17, 15) is 9.18 Å². The molecule has 0 bridgehead atoms. The van der Waals surface area contributed by atoms with E-state index in [2.05, 4.69) is 11.4 Å². The molecule has 1 aliphatic heterocycles. The van der Waals surface area contributed by atoms with Crippen LogP contribution in [-0.4, -0.2) is 11.0 Å². The summed E-state index contributed by atoms with van der Waals surface area (Å²) < 4.78 is 14.0. The summed E-state index contributed by atoms with van der Waals surface area (Å²) in [4.78, 5) is 13.9. The molecule has 122 valence electrons. The van der Waals surface area contributed by atoms with E-state index in [-0.39, 0.29) is 16.7 Å². The molecule has 0 aromatic heterocycles. The maximum absolute atomic E-state index is 14.0. The second-order valence-corrected chi connectivity index (χ2v) is 6.26. The Morgan fingerprint density at radius 1 is 1.08 bits per heavy atom. The molecule has 5 heteroatoms. The monoisotopic (exact) mass is 340 g/mol. The standard InChI is InChI=1S/C19H17FN2OS/c1-11-8-13(3)14(9-12(11)2)10-16-18(23)22(19(24)21-16)17-7-5-4-6-15(17)20/h4-10H,1-3H3,(H,21,24)/b16-10-. The first kappa shape index (κ1) is 16.3. The van der Waals surface area contributed by atoms with Gasteiger partial charge in [0.2, 0.25) is 0 Å². The van der Waals surface area contributed by atoms with Crippen molar-refractivity contribution in [1.82, 2.24) is 5.32 Å². The van der Waals surface area contributed by atoms with Crippen molar-refractivity contribution in [3.05, 3.63) is 70.2 Å². The van der Waals surface area contributed by atoms with Crippen molar-refractivity contribution in [3.63, 3.8) is 0 Å². The van der Waals surface area contributed by atoms with Crippen LogP contribution in [0, 0.1) is 26.6 Å². The molecule has 1 heterocycles. The number of hydrogen-bond donors (Lipinski definition) is 1. The number of rotatable bonds is 2. The second-order valence-electron chi connectivity index (χ2n) is 5.87. The lowest BCUT2D eigenvalue weighted by Gasteiger charge is -2.14. The zero-order valence-electron chi connectivity index (χ0n) is 13.7. The van der Waals surface area contributed by atoms with Gasteiger partial charge in [0.25, 0.3) is 5.91 Å². The lowest BCUT2D eigenvalue weighted by Crippen LogP contribution is -2.31. The first-order chi connectivity index (χ1) is 11.4. The van der Waals surface area contributed by atoms with Crippen molar-refractivity contribution < 1.29 is 9.18 Å². The van der Waals surface area contributed by atoms with Gasteiger partial charge in [-0.3, -0.25) is 4.79 Å². The van der Waals surface area contributed by atoms with Crippen molar-refractivity contribution >= 4 is 35.0 Å². The van der Waals surface area contributed by atoms with E-state index < -0.39 is 5.82 Å². The van der Waals surface area contributed by atoms with Crippen molar-refractivity contribution in [2.24, 2.45) is 0 Å². The number of benzene rings is 2. The molecule has 24 heavy (non-hydrogen) atoms. The van der Waals surface area contributed by atoms with Crippen LogP contribution in [0.2, 0.25) is 0 Å². The summed E-state index contributed by atoms with van der Waals surface area (Å²) in [6, 6.07) is 10.2. The maximum Gasteiger partial charge on any atom is 0.281 e. The van der Waals surface area contributed by atoms with Crippen LogP contribution in [-0.2, 0) is 4.79 Å². The smallest absolute Gasteiger partial charge is 0.281 e. The molecule has 2 aromatic carbocycles. The van der Waals surface area contributed by atoms with Crippen LogP contribution in [0.1, 0.15) is 22.3 Å². The molecule has 3 rings (SSSR count). The van der Waals surface area contributed by atoms with Crippen molar-refractivity contribution in [3.8, 4) is 0 Å². The van der Waals surface area contributed by atoms with Crippen LogP contribution in [0.15, 0.2) is 42.1 Å². The van der Waals surface area contributed by atoms with Crippen LogP contribution < -0.4 is 10.2 Å². The summed E-state index contributed by atoms with van der Waals surface area (Å²) >= 11 is 5.22. The molecule has 0 radical (unpaired) electrons. The Hall–Kier alpha value is -2.53. The Morgan fingerprint density at radius 3 is 2.46 bits per heavy atom. The Kier molecular flexibility index (Phi) is 4.20. The van der Waals surface area contributed by atoms with Gasteiger partial charge in [-0.25, -0.2) is 9.29 Å². The summed E-state index contributed by atoms with van der Waals surface area (Å²) in [5.74, 6) is -0.846. The number of nitrogens with zero attached hydrogens (tertiary/aromatic N) is 1. The minimum atomic E-state index is -0.487. The predicted molar refractivity (Wildman–Crippen MR) is 98.2 cm³/mol. The fourth-order valence-electron chi connectivity index (χ4n) is 2.68. The van der Waals surface area contributed by atoms with Crippen molar-refractivity contribution in [2.45, 2.75) is 20.8 Å². The van der Waals surface area contributed by atoms with Gasteiger partial charge in [0.05, 0.1) is 5.69 Å². The Bertz CT molecular complexity index is 889. The number of para-hydroxylation sites is 1. The summed E-state index contributed by atoms with van der Waals surface area (Å²) in [5.41, 5.74) is 4.84. The molecular formula is C19H17FN2OS. The van der Waals surface area contributed by atoms with Gasteiger partial charge in [-0.15, -0.1) is 0 Å². The number of hydrogen-bond acceptors (Lipinski definition) is 2. The highest BCUT2D eigenvalue weighted by Crippen LogP contribution is 2.26. The summed E-state index contributed by atoms with van der Waals surface area (Å²) in [6.45, 7) is 6.06. The molecule has 2 aromatic rings. The number of carbonyl (C=O) groups excluding carboxylic acids is 1. The molecule has 0 unspecified atom stereocenters. The van der Waals surface area contributed by atoms with Gasteiger partial charge < -0.3 is 5.32 Å². The van der Waals surface area contributed by atoms with E-state index in [0.717, 1.165) is 16.7 Å². The van der Waals surface area contributed by atoms with E-state index in [0.29, 0.717) is 5.70 Å². The minimum Gasteiger partial charge on any atom is -0.327 e. The average molecular weight is 340 g/mol. The van der Waals surface area contributed by atoms with Crippen LogP contribution in [0.25, 0.3) is 6.08 Å². The molecule has 0 spiro atoms. The summed E-state index contributed by atoms with van der Waals surface area (Å²) in [5, 5.41) is 3.07. The number of carbonyl (C=O) groups is 1. The number of thiocarbonyl (C=S) groups is 1. The Morgan fingerprint density at radius 2 is 1.75 bits per heavy atom. The molecule has 0 atom stereocenters. The van der Waals surface area contributed by atoms with E-state index >= 15 is 0 Å². The topological polar surface area (TPSA) is 32.3 Å². The molecule has 1 saturated heterocycles. The van der Waals surface area contributed by atoms with E-state index in [1.807, 2.05) is 26.8 Å². The summed E-state index contributed by atoms with van der Waals surface area (Å²) in [6.07, 6.45) is 1.76. The number of amides is 1. The third-order valence-corrected chi connectivity index (χ3v) is 4.44. The predicted octanol–water partition coefficient (Wildman–Crippen LogP) is 4.01. The second kappa shape index (κ2) is 6.17. The lowest BCUT2D eigenvalue weighted by molar-refractivity contribution is -0.113. The zero-order valence-corrected chi connectivity index (χ0v) is 14.5. The molecule has 1 fully saturated rings. The van der Waals surface area contributed by atoms with Crippen LogP contribution >= 0.6 is 12.2 Å². The molecule has 0 saturated carbocycles. The molecule has 1 N–H and O–H groups in total. The largest absolute Gasteiger partial charge is 0.327 e. The molecule has 1 amide bonds. The number of nitrogens with one attached hydrogen (secondary N) is 1. The van der Waals surface area contributed by atoms with Crippen molar-refractivity contribution in [2.75, 3.05) is 4.90 Å². The van der Waals surface area contributed by atoms with Gasteiger partial charge in [-0.2, -0.15) is 0 Å². The Balaban J connectivity index is 2.01. The average Bonchev–Trinajstić information content (AvgIpc) is 2.80. The summed E-state index contributed by atoms with van der Waals surface area (Å²) in [7, 11) is 0. The molecule has 0 aliphatic carbocycles. The van der Waals surface area contributed by atoms with Crippen LogP contribution in [0.3, 0.4) is 0 Å². The van der Waals surface area contributed by atoms with Gasteiger partial charge in [0.15, 0.2) is 5.11 Å². The SMILES string of the molecule is Cc1cc(C)c(/C=C2\NC(=S)N(c3ccccc3F)C2=O)cc1C. The van der Waals surface area contributed by atoms with Gasteiger partial charge in [-0.1, -0.05) is 24.3 Å². The van der Waals surface area contributed by atoms with E-state index in [1.165, 1.54) is 22.6 Å².